The van der Waals surface area contributed by atoms with E-state index >= 15 is 0 Å². The fourth-order valence-electron chi connectivity index (χ4n) is 1.57. The number of carbonyl (C=O) groups is 1. The van der Waals surface area contributed by atoms with Crippen molar-refractivity contribution in [3.8, 4) is 0 Å². The molecule has 21 heavy (non-hydrogen) atoms. The number of aryl methyl sites for hydroxylation is 1. The minimum Gasteiger partial charge on any atom is -0.465 e. The standard InChI is InChI=1S/C12H12N4O4S/c1-7-13-14-12(15(7)2)21-10-6-8(11(17)20-3)4-5-9(10)16(18)19/h4-6H,1-3H3. The number of carbonyl (C=O) groups excluding carboxylic acids is 1. The smallest absolute Gasteiger partial charge is 0.337 e. The van der Waals surface area contributed by atoms with Crippen molar-refractivity contribution < 1.29 is 14.5 Å². The van der Waals surface area contributed by atoms with Gasteiger partial charge in [-0.25, -0.2) is 4.79 Å². The van der Waals surface area contributed by atoms with Crippen LogP contribution in [0.3, 0.4) is 0 Å². The summed E-state index contributed by atoms with van der Waals surface area (Å²) in [6, 6.07) is 4.05. The zero-order valence-electron chi connectivity index (χ0n) is 11.6. The molecule has 2 rings (SSSR count). The molecular weight excluding hydrogens is 296 g/mol. The molecule has 0 saturated heterocycles. The third-order valence-electron chi connectivity index (χ3n) is 2.83. The summed E-state index contributed by atoms with van der Waals surface area (Å²) in [5.74, 6) is 0.130. The maximum absolute atomic E-state index is 11.5. The van der Waals surface area contributed by atoms with Gasteiger partial charge in [0.05, 0.1) is 22.5 Å². The first-order valence-electron chi connectivity index (χ1n) is 5.84. The Hall–Kier alpha value is -2.42. The number of nitro groups is 1. The molecule has 8 nitrogen and oxygen atoms in total. The fraction of sp³-hybridized carbons (Fsp3) is 0.250. The maximum Gasteiger partial charge on any atom is 0.337 e. The highest BCUT2D eigenvalue weighted by atomic mass is 32.2. The van der Waals surface area contributed by atoms with Gasteiger partial charge >= 0.3 is 5.97 Å². The molecule has 110 valence electrons. The summed E-state index contributed by atoms with van der Waals surface area (Å²) in [4.78, 5) is 22.4. The number of aromatic nitrogens is 3. The Morgan fingerprint density at radius 1 is 1.43 bits per heavy atom. The summed E-state index contributed by atoms with van der Waals surface area (Å²) in [6.45, 7) is 1.77. The van der Waals surface area contributed by atoms with E-state index in [-0.39, 0.29) is 11.3 Å². The monoisotopic (exact) mass is 308 g/mol. The number of ether oxygens (including phenoxy) is 1. The van der Waals surface area contributed by atoms with Crippen molar-refractivity contribution >= 4 is 23.4 Å². The molecule has 0 N–H and O–H groups in total. The highest BCUT2D eigenvalue weighted by Crippen LogP contribution is 2.34. The van der Waals surface area contributed by atoms with Gasteiger partial charge in [0.25, 0.3) is 5.69 Å². The molecule has 0 amide bonds. The van der Waals surface area contributed by atoms with Crippen LogP contribution in [0.2, 0.25) is 0 Å². The Morgan fingerprint density at radius 3 is 2.67 bits per heavy atom. The molecule has 2 aromatic rings. The summed E-state index contributed by atoms with van der Waals surface area (Å²) in [5.41, 5.74) is 0.137. The van der Waals surface area contributed by atoms with Crippen molar-refractivity contribution in [1.29, 1.82) is 0 Å². The van der Waals surface area contributed by atoms with E-state index in [0.29, 0.717) is 15.9 Å². The number of nitro benzene ring substituents is 1. The van der Waals surface area contributed by atoms with Gasteiger partial charge in [-0.15, -0.1) is 10.2 Å². The van der Waals surface area contributed by atoms with E-state index in [9.17, 15) is 14.9 Å². The summed E-state index contributed by atoms with van der Waals surface area (Å²) >= 11 is 1.07. The molecule has 9 heteroatoms. The van der Waals surface area contributed by atoms with Crippen LogP contribution in [-0.4, -0.2) is 32.8 Å². The lowest BCUT2D eigenvalue weighted by Gasteiger charge is -2.05. The minimum absolute atomic E-state index is 0.103. The first-order valence-corrected chi connectivity index (χ1v) is 6.66. The second-order valence-corrected chi connectivity index (χ2v) is 5.13. The van der Waals surface area contributed by atoms with Crippen molar-refractivity contribution in [3.05, 3.63) is 39.7 Å². The van der Waals surface area contributed by atoms with Crippen LogP contribution in [0.15, 0.2) is 28.3 Å². The Balaban J connectivity index is 2.46. The molecule has 0 spiro atoms. The van der Waals surface area contributed by atoms with Gasteiger partial charge in [-0.2, -0.15) is 0 Å². The largest absolute Gasteiger partial charge is 0.465 e. The molecule has 0 saturated carbocycles. The first kappa shape index (κ1) is 15.0. The summed E-state index contributed by atoms with van der Waals surface area (Å²) < 4.78 is 6.33. The number of rotatable bonds is 4. The average Bonchev–Trinajstić information content (AvgIpc) is 2.78. The van der Waals surface area contributed by atoms with E-state index in [1.54, 1.807) is 18.5 Å². The molecule has 0 bridgehead atoms. The number of nitrogens with zero attached hydrogens (tertiary/aromatic N) is 4. The third kappa shape index (κ3) is 3.02. The number of benzene rings is 1. The summed E-state index contributed by atoms with van der Waals surface area (Å²) in [6.07, 6.45) is 0. The van der Waals surface area contributed by atoms with Gasteiger partial charge in [0.1, 0.15) is 5.82 Å². The van der Waals surface area contributed by atoms with Crippen molar-refractivity contribution in [2.24, 2.45) is 7.05 Å². The predicted molar refractivity (Wildman–Crippen MR) is 74.3 cm³/mol. The molecule has 1 aromatic heterocycles. The van der Waals surface area contributed by atoms with Gasteiger partial charge in [-0.05, 0) is 30.8 Å². The Labute approximate surface area is 124 Å². The van der Waals surface area contributed by atoms with Crippen LogP contribution >= 0.6 is 11.8 Å². The summed E-state index contributed by atoms with van der Waals surface area (Å²) in [7, 11) is 3.01. The second kappa shape index (κ2) is 5.92. The van der Waals surface area contributed by atoms with Crippen LogP contribution in [0, 0.1) is 17.0 Å². The highest BCUT2D eigenvalue weighted by Gasteiger charge is 2.20. The van der Waals surface area contributed by atoms with Crippen LogP contribution in [0.5, 0.6) is 0 Å². The molecule has 0 aliphatic heterocycles. The Kier molecular flexibility index (Phi) is 4.22. The van der Waals surface area contributed by atoms with E-state index in [1.807, 2.05) is 0 Å². The van der Waals surface area contributed by atoms with E-state index < -0.39 is 10.9 Å². The molecule has 0 radical (unpaired) electrons. The highest BCUT2D eigenvalue weighted by molar-refractivity contribution is 7.99. The fourth-order valence-corrected chi connectivity index (χ4v) is 2.55. The molecule has 0 aliphatic carbocycles. The van der Waals surface area contributed by atoms with Crippen molar-refractivity contribution in [3.63, 3.8) is 0 Å². The van der Waals surface area contributed by atoms with E-state index in [4.69, 9.17) is 0 Å². The molecule has 0 unspecified atom stereocenters. The van der Waals surface area contributed by atoms with E-state index in [0.717, 1.165) is 11.8 Å². The number of methoxy groups -OCH3 is 1. The lowest BCUT2D eigenvalue weighted by Crippen LogP contribution is -2.02. The maximum atomic E-state index is 11.5. The quantitative estimate of drug-likeness (QED) is 0.483. The second-order valence-electron chi connectivity index (χ2n) is 4.12. The predicted octanol–water partition coefficient (Wildman–Crippen LogP) is 1.97. The molecule has 0 aliphatic rings. The van der Waals surface area contributed by atoms with Gasteiger partial charge in [-0.1, -0.05) is 0 Å². The topological polar surface area (TPSA) is 100 Å². The molecule has 0 atom stereocenters. The molecule has 1 aromatic carbocycles. The lowest BCUT2D eigenvalue weighted by atomic mass is 10.2. The molecule has 0 fully saturated rings. The van der Waals surface area contributed by atoms with Crippen LogP contribution in [0.1, 0.15) is 16.2 Å². The van der Waals surface area contributed by atoms with Crippen molar-refractivity contribution in [2.45, 2.75) is 17.0 Å². The van der Waals surface area contributed by atoms with Crippen LogP contribution in [-0.2, 0) is 11.8 Å². The lowest BCUT2D eigenvalue weighted by molar-refractivity contribution is -0.387. The van der Waals surface area contributed by atoms with Crippen molar-refractivity contribution in [2.75, 3.05) is 7.11 Å². The molecule has 1 heterocycles. The zero-order valence-corrected chi connectivity index (χ0v) is 12.4. The molecular formula is C12H12N4O4S. The van der Waals surface area contributed by atoms with Gasteiger partial charge in [0, 0.05) is 13.1 Å². The number of hydrogen-bond donors (Lipinski definition) is 0. The summed E-state index contributed by atoms with van der Waals surface area (Å²) in [5, 5.41) is 19.4. The minimum atomic E-state index is -0.555. The first-order chi connectivity index (χ1) is 9.93. The third-order valence-corrected chi connectivity index (χ3v) is 3.92. The average molecular weight is 308 g/mol. The Bertz CT molecular complexity index is 713. The van der Waals surface area contributed by atoms with E-state index in [2.05, 4.69) is 14.9 Å². The van der Waals surface area contributed by atoms with Crippen molar-refractivity contribution in [1.82, 2.24) is 14.8 Å². The van der Waals surface area contributed by atoms with Crippen LogP contribution < -0.4 is 0 Å². The Morgan fingerprint density at radius 2 is 2.14 bits per heavy atom. The number of hydrogen-bond acceptors (Lipinski definition) is 7. The normalized spacial score (nSPS) is 10.4. The van der Waals surface area contributed by atoms with Gasteiger partial charge in [0.2, 0.25) is 0 Å². The van der Waals surface area contributed by atoms with Gasteiger partial charge in [0.15, 0.2) is 5.16 Å². The van der Waals surface area contributed by atoms with E-state index in [1.165, 1.54) is 25.3 Å². The number of esters is 1. The SMILES string of the molecule is COC(=O)c1ccc([N+](=O)[O-])c(Sc2nnc(C)n2C)c1. The van der Waals surface area contributed by atoms with Gasteiger partial charge < -0.3 is 9.30 Å². The zero-order chi connectivity index (χ0) is 15.6. The van der Waals surface area contributed by atoms with Crippen LogP contribution in [0.4, 0.5) is 5.69 Å². The van der Waals surface area contributed by atoms with Crippen LogP contribution in [0.25, 0.3) is 0 Å². The van der Waals surface area contributed by atoms with Gasteiger partial charge in [-0.3, -0.25) is 10.1 Å².